The fraction of sp³-hybridized carbons (Fsp3) is 0.457. The molecule has 0 saturated heterocycles. The number of anilines is 8. The maximum atomic E-state index is 2.69. The number of fused-ring (bicyclic) bond motifs is 2. The Labute approximate surface area is 449 Å². The van der Waals surface area contributed by atoms with Crippen molar-refractivity contribution in [3.63, 3.8) is 0 Å². The van der Waals surface area contributed by atoms with Gasteiger partial charge in [-0.15, -0.1) is 0 Å². The molecule has 0 saturated carbocycles. The van der Waals surface area contributed by atoms with Crippen molar-refractivity contribution in [3.05, 3.63) is 173 Å². The molecule has 0 unspecified atom stereocenters. The molecule has 6 aromatic rings. The molecule has 0 aromatic heterocycles. The lowest BCUT2D eigenvalue weighted by Crippen LogP contribution is -2.34. The highest BCUT2D eigenvalue weighted by Gasteiger charge is 2.46. The van der Waals surface area contributed by atoms with E-state index in [0.29, 0.717) is 47.3 Å². The average molecular weight is 990 g/mol. The second kappa shape index (κ2) is 20.4. The minimum absolute atomic E-state index is 0.336. The zero-order valence-corrected chi connectivity index (χ0v) is 50.3. The quantitative estimate of drug-likeness (QED) is 0.121. The highest BCUT2D eigenvalue weighted by atomic mass is 15.5. The van der Waals surface area contributed by atoms with Gasteiger partial charge in [0.1, 0.15) is 0 Å². The normalized spacial score (nSPS) is 13.9. The Morgan fingerprint density at radius 1 is 0.216 bits per heavy atom. The Kier molecular flexibility index (Phi) is 15.0. The Morgan fingerprint density at radius 3 is 0.473 bits per heavy atom. The second-order valence-electron chi connectivity index (χ2n) is 25.1. The summed E-state index contributed by atoms with van der Waals surface area (Å²) >= 11 is 0. The standard InChI is InChI=1S/C70H92N4/c1-37(2)57-29-53(30-58(38(3)4)49(57)21)71-65-25-45(17)46(18)26-66(65)72(54-31-59(39(5)6)50(22)60(32-54)40(7)8)69(71)70-73(55-33-61(41(9)10)51(23)62(34-55)42(11)12)67-27-47(19)48(20)28-68(67)74(70)56-35-63(43(13)14)52(24)64(36-56)44(15)16/h25-44H,1-24H3. The third-order valence-corrected chi connectivity index (χ3v) is 17.1. The van der Waals surface area contributed by atoms with Gasteiger partial charge in [-0.05, 0) is 265 Å². The van der Waals surface area contributed by atoms with E-state index in [0.717, 1.165) is 11.6 Å². The van der Waals surface area contributed by atoms with Crippen LogP contribution in [0, 0.1) is 55.4 Å². The maximum absolute atomic E-state index is 2.69. The lowest BCUT2D eigenvalue weighted by Gasteiger charge is -2.36. The molecule has 0 spiro atoms. The van der Waals surface area contributed by atoms with Crippen molar-refractivity contribution < 1.29 is 0 Å². The monoisotopic (exact) mass is 989 g/mol. The van der Waals surface area contributed by atoms with E-state index in [1.165, 1.54) is 135 Å². The van der Waals surface area contributed by atoms with Crippen LogP contribution in [0.5, 0.6) is 0 Å². The van der Waals surface area contributed by atoms with E-state index < -0.39 is 0 Å². The van der Waals surface area contributed by atoms with Crippen LogP contribution >= 0.6 is 0 Å². The molecule has 2 heterocycles. The van der Waals surface area contributed by atoms with Gasteiger partial charge in [-0.3, -0.25) is 19.6 Å². The molecule has 0 amide bonds. The van der Waals surface area contributed by atoms with Crippen molar-refractivity contribution in [2.75, 3.05) is 19.6 Å². The molecule has 2 aliphatic heterocycles. The molecule has 392 valence electrons. The first-order valence-electron chi connectivity index (χ1n) is 28.4. The fourth-order valence-corrected chi connectivity index (χ4v) is 12.7. The van der Waals surface area contributed by atoms with Crippen molar-refractivity contribution in [1.29, 1.82) is 0 Å². The van der Waals surface area contributed by atoms with E-state index in [2.05, 4.69) is 259 Å². The third kappa shape index (κ3) is 9.29. The van der Waals surface area contributed by atoms with E-state index in [-0.39, 0.29) is 0 Å². The van der Waals surface area contributed by atoms with Crippen molar-refractivity contribution in [3.8, 4) is 0 Å². The van der Waals surface area contributed by atoms with Crippen LogP contribution in [-0.4, -0.2) is 0 Å². The minimum atomic E-state index is 0.336. The maximum Gasteiger partial charge on any atom is 0.166 e. The average Bonchev–Trinajstić information content (AvgIpc) is 3.80. The Morgan fingerprint density at radius 2 is 0.351 bits per heavy atom. The van der Waals surface area contributed by atoms with E-state index >= 15 is 0 Å². The van der Waals surface area contributed by atoms with Gasteiger partial charge in [0.2, 0.25) is 0 Å². The van der Waals surface area contributed by atoms with Crippen LogP contribution in [0.25, 0.3) is 0 Å². The zero-order valence-electron chi connectivity index (χ0n) is 50.3. The van der Waals surface area contributed by atoms with E-state index in [1.54, 1.807) is 0 Å². The Bertz CT molecular complexity index is 2650. The molecule has 0 atom stereocenters. The van der Waals surface area contributed by atoms with E-state index in [9.17, 15) is 0 Å². The van der Waals surface area contributed by atoms with Gasteiger partial charge >= 0.3 is 0 Å². The molecule has 4 heteroatoms. The van der Waals surface area contributed by atoms with E-state index in [4.69, 9.17) is 0 Å². The van der Waals surface area contributed by atoms with Crippen LogP contribution in [0.4, 0.5) is 45.5 Å². The van der Waals surface area contributed by atoms with Gasteiger partial charge in [0.05, 0.1) is 22.7 Å². The SMILES string of the molecule is Cc1cc2c(cc1C)N(c1cc(C(C)C)c(C)c(C(C)C)c1)C(=C1N(c3cc(C(C)C)c(C)c(C(C)C)c3)c3cc(C)c(C)cc3N1c1cc(C(C)C)c(C)c(C(C)C)c1)N2c1cc(C(C)C)c(C)c(C(C)C)c1. The molecule has 8 rings (SSSR count). The summed E-state index contributed by atoms with van der Waals surface area (Å²) in [6.07, 6.45) is 0. The van der Waals surface area contributed by atoms with Gasteiger partial charge in [-0.25, -0.2) is 0 Å². The molecule has 0 fully saturated rings. The van der Waals surface area contributed by atoms with Crippen LogP contribution < -0.4 is 19.6 Å². The first kappa shape index (κ1) is 54.5. The first-order chi connectivity index (χ1) is 34.7. The van der Waals surface area contributed by atoms with E-state index in [1.807, 2.05) is 0 Å². The topological polar surface area (TPSA) is 13.0 Å². The number of hydrogen-bond donors (Lipinski definition) is 0. The van der Waals surface area contributed by atoms with Crippen molar-refractivity contribution in [2.24, 2.45) is 0 Å². The van der Waals surface area contributed by atoms with Crippen molar-refractivity contribution >= 4 is 45.5 Å². The van der Waals surface area contributed by atoms with Gasteiger partial charge in [0.15, 0.2) is 11.6 Å². The lowest BCUT2D eigenvalue weighted by atomic mass is 9.88. The molecule has 0 N–H and O–H groups in total. The summed E-state index contributed by atoms with van der Waals surface area (Å²) in [5.74, 6) is 4.96. The molecule has 2 aliphatic rings. The van der Waals surface area contributed by atoms with Crippen LogP contribution in [0.3, 0.4) is 0 Å². The minimum Gasteiger partial charge on any atom is -0.291 e. The van der Waals surface area contributed by atoms with Crippen molar-refractivity contribution in [2.45, 2.75) is 214 Å². The van der Waals surface area contributed by atoms with Crippen LogP contribution in [-0.2, 0) is 0 Å². The number of benzene rings is 6. The predicted octanol–water partition coefficient (Wildman–Crippen LogP) is 21.5. The van der Waals surface area contributed by atoms with Gasteiger partial charge in [0.25, 0.3) is 0 Å². The first-order valence-corrected chi connectivity index (χ1v) is 28.4. The number of nitrogens with zero attached hydrogens (tertiary/aromatic N) is 4. The number of aryl methyl sites for hydroxylation is 4. The summed E-state index contributed by atoms with van der Waals surface area (Å²) in [5, 5.41) is 0. The summed E-state index contributed by atoms with van der Waals surface area (Å²) in [6.45, 7) is 56.5. The zero-order chi connectivity index (χ0) is 54.4. The summed E-state index contributed by atoms with van der Waals surface area (Å²) in [7, 11) is 0. The molecule has 74 heavy (non-hydrogen) atoms. The smallest absolute Gasteiger partial charge is 0.166 e. The fourth-order valence-electron chi connectivity index (χ4n) is 12.7. The number of rotatable bonds is 12. The van der Waals surface area contributed by atoms with Crippen molar-refractivity contribution in [1.82, 2.24) is 0 Å². The van der Waals surface area contributed by atoms with Gasteiger partial charge in [0, 0.05) is 22.7 Å². The number of hydrogen-bond acceptors (Lipinski definition) is 4. The van der Waals surface area contributed by atoms with Gasteiger partial charge in [-0.1, -0.05) is 111 Å². The van der Waals surface area contributed by atoms with Crippen LogP contribution in [0.15, 0.2) is 84.4 Å². The molecular weight excluding hydrogens is 897 g/mol. The summed E-state index contributed by atoms with van der Waals surface area (Å²) in [5.41, 5.74) is 31.6. The molecule has 0 bridgehead atoms. The van der Waals surface area contributed by atoms with Crippen LogP contribution in [0.1, 0.15) is 247 Å². The van der Waals surface area contributed by atoms with Gasteiger partial charge < -0.3 is 0 Å². The molecule has 0 radical (unpaired) electrons. The highest BCUT2D eigenvalue weighted by Crippen LogP contribution is 2.59. The molecule has 4 nitrogen and oxygen atoms in total. The largest absolute Gasteiger partial charge is 0.291 e. The van der Waals surface area contributed by atoms with Gasteiger partial charge in [-0.2, -0.15) is 0 Å². The molecule has 6 aromatic carbocycles. The summed E-state index contributed by atoms with van der Waals surface area (Å²) in [4.78, 5) is 10.7. The highest BCUT2D eigenvalue weighted by molar-refractivity contribution is 6.01. The van der Waals surface area contributed by atoms with Crippen LogP contribution in [0.2, 0.25) is 0 Å². The Hall–Kier alpha value is -5.74. The molecular formula is C70H92N4. The second-order valence-corrected chi connectivity index (χ2v) is 25.1. The third-order valence-electron chi connectivity index (χ3n) is 17.1. The predicted molar refractivity (Wildman–Crippen MR) is 325 cm³/mol. The lowest BCUT2D eigenvalue weighted by molar-refractivity contribution is 0.812. The molecule has 0 aliphatic carbocycles. The summed E-state index contributed by atoms with van der Waals surface area (Å²) in [6, 6.07) is 30.2. The Balaban J connectivity index is 1.72. The summed E-state index contributed by atoms with van der Waals surface area (Å²) < 4.78 is 0.